The fourth-order valence-electron chi connectivity index (χ4n) is 2.47. The molecule has 1 heterocycles. The van der Waals surface area contributed by atoms with E-state index >= 15 is 0 Å². The van der Waals surface area contributed by atoms with Crippen LogP contribution in [0.5, 0.6) is 0 Å². The van der Waals surface area contributed by atoms with Gasteiger partial charge in [0, 0.05) is 28.8 Å². The summed E-state index contributed by atoms with van der Waals surface area (Å²) in [6.07, 6.45) is 1.28. The van der Waals surface area contributed by atoms with Crippen LogP contribution < -0.4 is 10.6 Å². The Morgan fingerprint density at radius 1 is 1.50 bits per heavy atom. The van der Waals surface area contributed by atoms with Gasteiger partial charge in [0.15, 0.2) is 0 Å². The molecule has 1 aromatic rings. The first kappa shape index (κ1) is 13.8. The summed E-state index contributed by atoms with van der Waals surface area (Å²) in [5.41, 5.74) is 7.83. The number of halogens is 1. The first-order chi connectivity index (χ1) is 8.49. The molecule has 1 fully saturated rings. The van der Waals surface area contributed by atoms with E-state index in [4.69, 9.17) is 18.0 Å². The van der Waals surface area contributed by atoms with Crippen molar-refractivity contribution in [3.05, 3.63) is 28.2 Å². The van der Waals surface area contributed by atoms with Crippen molar-refractivity contribution in [3.8, 4) is 0 Å². The van der Waals surface area contributed by atoms with E-state index in [0.29, 0.717) is 4.99 Å². The second kappa shape index (κ2) is 5.57. The minimum Gasteiger partial charge on any atom is -0.389 e. The van der Waals surface area contributed by atoms with Gasteiger partial charge in [0.2, 0.25) is 0 Å². The minimum atomic E-state index is 0.440. The van der Waals surface area contributed by atoms with Crippen LogP contribution in [0, 0.1) is 11.8 Å². The van der Waals surface area contributed by atoms with Crippen LogP contribution in [0.4, 0.5) is 5.69 Å². The van der Waals surface area contributed by atoms with Crippen molar-refractivity contribution < 1.29 is 0 Å². The van der Waals surface area contributed by atoms with E-state index in [0.717, 1.165) is 35.0 Å². The Morgan fingerprint density at radius 3 is 2.72 bits per heavy atom. The van der Waals surface area contributed by atoms with Crippen LogP contribution >= 0.6 is 28.1 Å². The second-order valence-corrected chi connectivity index (χ2v) is 6.56. The summed E-state index contributed by atoms with van der Waals surface area (Å²) >= 11 is 8.56. The molecule has 1 atom stereocenters. The lowest BCUT2D eigenvalue weighted by molar-refractivity contribution is 0.423. The molecular formula is C14H19BrN2S. The van der Waals surface area contributed by atoms with E-state index in [1.165, 1.54) is 12.1 Å². The smallest absolute Gasteiger partial charge is 0.105 e. The van der Waals surface area contributed by atoms with Crippen LogP contribution in [-0.2, 0) is 0 Å². The van der Waals surface area contributed by atoms with E-state index < -0.39 is 0 Å². The highest BCUT2D eigenvalue weighted by molar-refractivity contribution is 9.10. The first-order valence-electron chi connectivity index (χ1n) is 6.33. The SMILES string of the molecule is CC(C)C1CCN(c2ccc(C(N)=S)c(Br)c2)C1. The molecule has 2 nitrogen and oxygen atoms in total. The molecule has 1 aromatic carbocycles. The summed E-state index contributed by atoms with van der Waals surface area (Å²) in [5, 5.41) is 0. The van der Waals surface area contributed by atoms with Crippen LogP contribution in [0.1, 0.15) is 25.8 Å². The maximum absolute atomic E-state index is 5.67. The van der Waals surface area contributed by atoms with Crippen molar-refractivity contribution in [2.24, 2.45) is 17.6 Å². The Balaban J connectivity index is 2.16. The van der Waals surface area contributed by atoms with E-state index in [2.05, 4.69) is 46.8 Å². The highest BCUT2D eigenvalue weighted by atomic mass is 79.9. The third-order valence-electron chi connectivity index (χ3n) is 3.75. The lowest BCUT2D eigenvalue weighted by Gasteiger charge is -2.21. The molecule has 98 valence electrons. The van der Waals surface area contributed by atoms with Gasteiger partial charge in [-0.05, 0) is 52.4 Å². The van der Waals surface area contributed by atoms with Gasteiger partial charge < -0.3 is 10.6 Å². The Bertz CT molecular complexity index is 459. The molecule has 0 bridgehead atoms. The predicted molar refractivity (Wildman–Crippen MR) is 85.2 cm³/mol. The standard InChI is InChI=1S/C14H19BrN2S/c1-9(2)10-5-6-17(8-10)11-3-4-12(14(16)18)13(15)7-11/h3-4,7,9-10H,5-6,8H2,1-2H3,(H2,16,18). The summed E-state index contributed by atoms with van der Waals surface area (Å²) in [6, 6.07) is 6.24. The highest BCUT2D eigenvalue weighted by Gasteiger charge is 2.25. The molecule has 1 aliphatic rings. The largest absolute Gasteiger partial charge is 0.389 e. The summed E-state index contributed by atoms with van der Waals surface area (Å²) in [6.45, 7) is 6.90. The van der Waals surface area contributed by atoms with Gasteiger partial charge >= 0.3 is 0 Å². The fraction of sp³-hybridized carbons (Fsp3) is 0.500. The van der Waals surface area contributed by atoms with Crippen LogP contribution in [0.25, 0.3) is 0 Å². The van der Waals surface area contributed by atoms with Gasteiger partial charge in [-0.25, -0.2) is 0 Å². The van der Waals surface area contributed by atoms with Gasteiger partial charge in [-0.3, -0.25) is 0 Å². The molecular weight excluding hydrogens is 308 g/mol. The molecule has 0 aliphatic carbocycles. The highest BCUT2D eigenvalue weighted by Crippen LogP contribution is 2.30. The number of nitrogens with zero attached hydrogens (tertiary/aromatic N) is 1. The van der Waals surface area contributed by atoms with Crippen molar-refractivity contribution in [1.82, 2.24) is 0 Å². The average molecular weight is 327 g/mol. The number of hydrogen-bond donors (Lipinski definition) is 1. The van der Waals surface area contributed by atoms with Crippen molar-refractivity contribution in [1.29, 1.82) is 0 Å². The van der Waals surface area contributed by atoms with Gasteiger partial charge in [0.05, 0.1) is 0 Å². The lowest BCUT2D eigenvalue weighted by atomic mass is 9.95. The predicted octanol–water partition coefficient (Wildman–Crippen LogP) is 3.57. The molecule has 1 unspecified atom stereocenters. The van der Waals surface area contributed by atoms with E-state index in [1.807, 2.05) is 6.07 Å². The molecule has 4 heteroatoms. The molecule has 0 aromatic heterocycles. The van der Waals surface area contributed by atoms with Crippen molar-refractivity contribution in [2.75, 3.05) is 18.0 Å². The number of anilines is 1. The zero-order valence-electron chi connectivity index (χ0n) is 10.8. The lowest BCUT2D eigenvalue weighted by Crippen LogP contribution is -2.21. The van der Waals surface area contributed by atoms with Crippen LogP contribution in [0.2, 0.25) is 0 Å². The van der Waals surface area contributed by atoms with Gasteiger partial charge in [-0.2, -0.15) is 0 Å². The number of thiocarbonyl (C=S) groups is 1. The Labute approximate surface area is 123 Å². The molecule has 0 radical (unpaired) electrons. The maximum Gasteiger partial charge on any atom is 0.105 e. The summed E-state index contributed by atoms with van der Waals surface area (Å²) in [7, 11) is 0. The number of hydrogen-bond acceptors (Lipinski definition) is 2. The van der Waals surface area contributed by atoms with Crippen molar-refractivity contribution in [3.63, 3.8) is 0 Å². The average Bonchev–Trinajstić information content (AvgIpc) is 2.77. The summed E-state index contributed by atoms with van der Waals surface area (Å²) < 4.78 is 0.987. The Kier molecular flexibility index (Phi) is 4.28. The molecule has 2 rings (SSSR count). The zero-order chi connectivity index (χ0) is 13.3. The van der Waals surface area contributed by atoms with Crippen molar-refractivity contribution in [2.45, 2.75) is 20.3 Å². The van der Waals surface area contributed by atoms with Gasteiger partial charge in [0.25, 0.3) is 0 Å². The molecule has 2 N–H and O–H groups in total. The van der Waals surface area contributed by atoms with Gasteiger partial charge in [0.1, 0.15) is 4.99 Å². The molecule has 1 saturated heterocycles. The Morgan fingerprint density at radius 2 is 2.22 bits per heavy atom. The number of nitrogens with two attached hydrogens (primary N) is 1. The van der Waals surface area contributed by atoms with Gasteiger partial charge in [-0.1, -0.05) is 26.1 Å². The van der Waals surface area contributed by atoms with E-state index in [-0.39, 0.29) is 0 Å². The summed E-state index contributed by atoms with van der Waals surface area (Å²) in [5.74, 6) is 1.56. The van der Waals surface area contributed by atoms with E-state index in [9.17, 15) is 0 Å². The molecule has 0 spiro atoms. The normalized spacial score (nSPS) is 19.6. The molecule has 0 amide bonds. The second-order valence-electron chi connectivity index (χ2n) is 5.27. The molecule has 0 saturated carbocycles. The Hall–Kier alpha value is -0.610. The minimum absolute atomic E-state index is 0.440. The maximum atomic E-state index is 5.67. The molecule has 18 heavy (non-hydrogen) atoms. The van der Waals surface area contributed by atoms with Crippen LogP contribution in [0.15, 0.2) is 22.7 Å². The third-order valence-corrected chi connectivity index (χ3v) is 4.63. The third kappa shape index (κ3) is 2.86. The molecule has 1 aliphatic heterocycles. The van der Waals surface area contributed by atoms with Crippen LogP contribution in [0.3, 0.4) is 0 Å². The quantitative estimate of drug-likeness (QED) is 0.861. The summed E-state index contributed by atoms with van der Waals surface area (Å²) in [4.78, 5) is 2.88. The first-order valence-corrected chi connectivity index (χ1v) is 7.53. The number of benzene rings is 1. The fourth-order valence-corrected chi connectivity index (χ4v) is 3.36. The van der Waals surface area contributed by atoms with E-state index in [1.54, 1.807) is 0 Å². The monoisotopic (exact) mass is 326 g/mol. The number of rotatable bonds is 3. The topological polar surface area (TPSA) is 29.3 Å². The van der Waals surface area contributed by atoms with Crippen LogP contribution in [-0.4, -0.2) is 18.1 Å². The zero-order valence-corrected chi connectivity index (χ0v) is 13.2. The van der Waals surface area contributed by atoms with Gasteiger partial charge in [-0.15, -0.1) is 0 Å². The van der Waals surface area contributed by atoms with Crippen molar-refractivity contribution >= 4 is 38.8 Å².